The Hall–Kier alpha value is -1.62. The van der Waals surface area contributed by atoms with Crippen LogP contribution in [-0.2, 0) is 27.6 Å². The van der Waals surface area contributed by atoms with E-state index in [1.165, 1.54) is 97.6 Å². The Kier molecular flexibility index (Phi) is 27.3. The Morgan fingerprint density at radius 2 is 1.28 bits per heavy atom. The van der Waals surface area contributed by atoms with Gasteiger partial charge in [0.2, 0.25) is 0 Å². The van der Waals surface area contributed by atoms with Gasteiger partial charge in [0.15, 0.2) is 17.7 Å². The van der Waals surface area contributed by atoms with Crippen LogP contribution in [0.25, 0.3) is 11.2 Å². The first kappa shape index (κ1) is 45.4. The van der Waals surface area contributed by atoms with E-state index in [0.29, 0.717) is 24.2 Å². The number of hydrogen-bond donors (Lipinski definition) is 1. The average molecular weight is 688 g/mol. The van der Waals surface area contributed by atoms with Crippen LogP contribution in [0.5, 0.6) is 0 Å². The SMILES string of the molecule is CC.CC.CC.CCCCCCCCCCCCCCCCOC1C(OP(=O)(OC)OC)C(CC)OC1n1cnc2c(N)ncnc21. The third kappa shape index (κ3) is 15.6. The highest BCUT2D eigenvalue weighted by Crippen LogP contribution is 2.52. The summed E-state index contributed by atoms with van der Waals surface area (Å²) < 4.78 is 43.6. The van der Waals surface area contributed by atoms with Gasteiger partial charge in [-0.1, -0.05) is 139 Å². The topological polar surface area (TPSA) is 133 Å². The standard InChI is InChI=1S/C29H52N5O6P.3C2H6/c1-5-7-8-9-10-11-12-13-14-15-16-17-18-19-20-38-26-25(40-41(35,36-3)37-4)23(6-2)39-29(26)34-22-33-24-27(30)31-21-32-28(24)34;3*1-2/h21-23,25-26,29H,5-20H2,1-4H3,(H2,30,31,32);3*1-2H3. The largest absolute Gasteiger partial charge is 0.474 e. The molecule has 47 heavy (non-hydrogen) atoms. The van der Waals surface area contributed by atoms with Gasteiger partial charge in [-0.3, -0.25) is 18.1 Å². The summed E-state index contributed by atoms with van der Waals surface area (Å²) in [5, 5.41) is 0. The van der Waals surface area contributed by atoms with Gasteiger partial charge in [0.05, 0.1) is 12.4 Å². The lowest BCUT2D eigenvalue weighted by Gasteiger charge is -2.27. The summed E-state index contributed by atoms with van der Waals surface area (Å²) >= 11 is 0. The quantitative estimate of drug-likeness (QED) is 0.0941. The number of ether oxygens (including phenoxy) is 2. The normalized spacial score (nSPS) is 18.9. The number of unbranched alkanes of at least 4 members (excludes halogenated alkanes) is 13. The van der Waals surface area contributed by atoms with Gasteiger partial charge in [-0.25, -0.2) is 19.5 Å². The van der Waals surface area contributed by atoms with Crippen molar-refractivity contribution in [2.45, 2.75) is 176 Å². The van der Waals surface area contributed by atoms with Gasteiger partial charge in [-0.2, -0.15) is 0 Å². The van der Waals surface area contributed by atoms with Gasteiger partial charge < -0.3 is 15.2 Å². The molecule has 0 bridgehead atoms. The molecule has 276 valence electrons. The molecular formula is C35H70N5O6P. The Morgan fingerprint density at radius 3 is 1.77 bits per heavy atom. The molecule has 2 aromatic heterocycles. The molecule has 1 saturated heterocycles. The van der Waals surface area contributed by atoms with Crippen molar-refractivity contribution < 1.29 is 27.6 Å². The summed E-state index contributed by atoms with van der Waals surface area (Å²) in [6.07, 6.45) is 19.4. The van der Waals surface area contributed by atoms with Crippen LogP contribution in [0.3, 0.4) is 0 Å². The van der Waals surface area contributed by atoms with Crippen LogP contribution in [0.15, 0.2) is 12.7 Å². The predicted octanol–water partition coefficient (Wildman–Crippen LogP) is 10.4. The lowest BCUT2D eigenvalue weighted by molar-refractivity contribution is -0.0677. The van der Waals surface area contributed by atoms with Gasteiger partial charge in [-0.15, -0.1) is 0 Å². The zero-order valence-corrected chi connectivity index (χ0v) is 32.4. The first-order valence-electron chi connectivity index (χ1n) is 18.6. The molecular weight excluding hydrogens is 617 g/mol. The Morgan fingerprint density at radius 1 is 0.766 bits per heavy atom. The molecule has 2 N–H and O–H groups in total. The number of rotatable bonds is 22. The lowest BCUT2D eigenvalue weighted by atomic mass is 10.0. The minimum absolute atomic E-state index is 0.287. The fourth-order valence-corrected chi connectivity index (χ4v) is 6.32. The van der Waals surface area contributed by atoms with E-state index in [1.54, 1.807) is 10.9 Å². The van der Waals surface area contributed by atoms with E-state index in [-0.39, 0.29) is 5.82 Å². The second kappa shape index (κ2) is 28.2. The second-order valence-electron chi connectivity index (χ2n) is 10.9. The Bertz CT molecular complexity index is 1050. The highest BCUT2D eigenvalue weighted by molar-refractivity contribution is 7.48. The molecule has 11 nitrogen and oxygen atoms in total. The maximum Gasteiger partial charge on any atom is 0.474 e. The van der Waals surface area contributed by atoms with E-state index in [1.807, 2.05) is 48.5 Å². The minimum Gasteiger partial charge on any atom is -0.382 e. The van der Waals surface area contributed by atoms with E-state index < -0.39 is 32.4 Å². The molecule has 0 amide bonds. The van der Waals surface area contributed by atoms with Crippen LogP contribution in [0.2, 0.25) is 0 Å². The van der Waals surface area contributed by atoms with Crippen molar-refractivity contribution in [3.8, 4) is 0 Å². The van der Waals surface area contributed by atoms with Crippen molar-refractivity contribution in [3.05, 3.63) is 12.7 Å². The highest BCUT2D eigenvalue weighted by Gasteiger charge is 2.50. The third-order valence-corrected chi connectivity index (χ3v) is 9.25. The van der Waals surface area contributed by atoms with E-state index >= 15 is 0 Å². The summed E-state index contributed by atoms with van der Waals surface area (Å²) in [6.45, 7) is 16.8. The zero-order valence-electron chi connectivity index (χ0n) is 31.5. The van der Waals surface area contributed by atoms with Crippen LogP contribution in [-0.4, -0.2) is 58.7 Å². The second-order valence-corrected chi connectivity index (χ2v) is 12.7. The summed E-state index contributed by atoms with van der Waals surface area (Å²) in [5.74, 6) is 0.287. The molecule has 3 rings (SSSR count). The molecule has 4 atom stereocenters. The molecule has 1 fully saturated rings. The van der Waals surface area contributed by atoms with Crippen LogP contribution < -0.4 is 5.73 Å². The lowest BCUT2D eigenvalue weighted by Crippen LogP contribution is -2.36. The van der Waals surface area contributed by atoms with Gasteiger partial charge >= 0.3 is 7.82 Å². The molecule has 0 aliphatic carbocycles. The number of imidazole rings is 1. The number of anilines is 1. The number of nitrogens with two attached hydrogens (primary N) is 1. The van der Waals surface area contributed by atoms with Crippen molar-refractivity contribution in [2.24, 2.45) is 0 Å². The molecule has 1 aliphatic rings. The molecule has 1 aliphatic heterocycles. The molecule has 2 aromatic rings. The number of phosphoric acid groups is 1. The molecule has 0 spiro atoms. The van der Waals surface area contributed by atoms with Crippen LogP contribution in [0.1, 0.15) is 158 Å². The van der Waals surface area contributed by atoms with Gasteiger partial charge in [0.1, 0.15) is 24.1 Å². The fraction of sp³-hybridized carbons (Fsp3) is 0.857. The van der Waals surface area contributed by atoms with Gasteiger partial charge in [0, 0.05) is 20.8 Å². The number of phosphoric ester groups is 1. The maximum absolute atomic E-state index is 12.9. The molecule has 0 saturated carbocycles. The molecule has 3 heterocycles. The van der Waals surface area contributed by atoms with E-state index in [2.05, 4.69) is 21.9 Å². The van der Waals surface area contributed by atoms with E-state index in [4.69, 9.17) is 28.8 Å². The van der Waals surface area contributed by atoms with Crippen LogP contribution in [0, 0.1) is 0 Å². The van der Waals surface area contributed by atoms with Crippen molar-refractivity contribution in [2.75, 3.05) is 26.6 Å². The minimum atomic E-state index is -3.78. The van der Waals surface area contributed by atoms with Crippen molar-refractivity contribution in [1.82, 2.24) is 19.5 Å². The fourth-order valence-electron chi connectivity index (χ4n) is 5.45. The van der Waals surface area contributed by atoms with E-state index in [0.717, 1.165) is 12.8 Å². The summed E-state index contributed by atoms with van der Waals surface area (Å²) in [4.78, 5) is 12.8. The monoisotopic (exact) mass is 688 g/mol. The number of nitrogen functional groups attached to an aromatic ring is 1. The van der Waals surface area contributed by atoms with Gasteiger partial charge in [0.25, 0.3) is 0 Å². The average Bonchev–Trinajstić information content (AvgIpc) is 3.70. The Labute approximate surface area is 287 Å². The number of nitrogens with zero attached hydrogens (tertiary/aromatic N) is 4. The number of fused-ring (bicyclic) bond motifs is 1. The molecule has 12 heteroatoms. The van der Waals surface area contributed by atoms with Crippen molar-refractivity contribution >= 4 is 24.8 Å². The predicted molar refractivity (Wildman–Crippen MR) is 195 cm³/mol. The smallest absolute Gasteiger partial charge is 0.382 e. The molecule has 4 unspecified atom stereocenters. The van der Waals surface area contributed by atoms with Crippen molar-refractivity contribution in [3.63, 3.8) is 0 Å². The van der Waals surface area contributed by atoms with Crippen molar-refractivity contribution in [1.29, 1.82) is 0 Å². The summed E-state index contributed by atoms with van der Waals surface area (Å²) in [6, 6.07) is 0. The molecule has 0 aromatic carbocycles. The maximum atomic E-state index is 12.9. The first-order valence-corrected chi connectivity index (χ1v) is 20.0. The number of hydrogen-bond acceptors (Lipinski definition) is 10. The molecule has 0 radical (unpaired) electrons. The summed E-state index contributed by atoms with van der Waals surface area (Å²) in [7, 11) is -1.19. The van der Waals surface area contributed by atoms with Crippen LogP contribution in [0.4, 0.5) is 5.82 Å². The van der Waals surface area contributed by atoms with Gasteiger partial charge in [-0.05, 0) is 12.8 Å². The highest BCUT2D eigenvalue weighted by atomic mass is 31.2. The van der Waals surface area contributed by atoms with E-state index in [9.17, 15) is 4.57 Å². The number of aromatic nitrogens is 4. The third-order valence-electron chi connectivity index (χ3n) is 7.86. The summed E-state index contributed by atoms with van der Waals surface area (Å²) in [5.41, 5.74) is 7.03. The zero-order chi connectivity index (χ0) is 35.5. The Balaban J connectivity index is 0.00000333. The van der Waals surface area contributed by atoms with Crippen LogP contribution >= 0.6 is 7.82 Å². The first-order chi connectivity index (χ1) is 23.0.